The molecule has 1 aliphatic heterocycles. The standard InChI is InChI=1S/C13H14ClNO5/c1-3-18-12(17)7-19-10-5-8(14)4-9-13(10)20-6-11(16)15(9)2/h4-5H,3,6-7H2,1-2H3. The molecule has 0 aromatic heterocycles. The Balaban J connectivity index is 2.23. The third-order valence-corrected chi connectivity index (χ3v) is 2.94. The molecule has 1 aromatic carbocycles. The average molecular weight is 300 g/mol. The van der Waals surface area contributed by atoms with Gasteiger partial charge in [0.1, 0.15) is 0 Å². The molecule has 0 unspecified atom stereocenters. The molecular formula is C13H14ClNO5. The van der Waals surface area contributed by atoms with Gasteiger partial charge in [0.2, 0.25) is 0 Å². The lowest BCUT2D eigenvalue weighted by Crippen LogP contribution is -2.35. The Hall–Kier alpha value is -1.95. The van der Waals surface area contributed by atoms with Crippen molar-refractivity contribution in [3.63, 3.8) is 0 Å². The summed E-state index contributed by atoms with van der Waals surface area (Å²) in [6, 6.07) is 3.13. The number of nitrogens with zero attached hydrogens (tertiary/aromatic N) is 1. The van der Waals surface area contributed by atoms with Crippen LogP contribution in [0.2, 0.25) is 5.02 Å². The number of likely N-dealkylation sites (N-methyl/N-ethyl adjacent to an activating group) is 1. The maximum absolute atomic E-state index is 11.6. The Labute approximate surface area is 121 Å². The zero-order chi connectivity index (χ0) is 14.7. The molecule has 0 spiro atoms. The number of hydrogen-bond acceptors (Lipinski definition) is 5. The zero-order valence-corrected chi connectivity index (χ0v) is 11.9. The summed E-state index contributed by atoms with van der Waals surface area (Å²) in [5, 5.41) is 0.382. The highest BCUT2D eigenvalue weighted by molar-refractivity contribution is 6.31. The first kappa shape index (κ1) is 14.5. The van der Waals surface area contributed by atoms with E-state index in [1.54, 1.807) is 20.0 Å². The van der Waals surface area contributed by atoms with Crippen LogP contribution < -0.4 is 14.4 Å². The minimum Gasteiger partial charge on any atom is -0.478 e. The minimum absolute atomic E-state index is 0.0824. The Morgan fingerprint density at radius 2 is 2.25 bits per heavy atom. The lowest BCUT2D eigenvalue weighted by Gasteiger charge is -2.27. The van der Waals surface area contributed by atoms with Crippen LogP contribution in [0.1, 0.15) is 6.92 Å². The molecule has 1 aliphatic rings. The lowest BCUT2D eigenvalue weighted by atomic mass is 10.2. The van der Waals surface area contributed by atoms with Crippen LogP contribution in [0.25, 0.3) is 0 Å². The minimum atomic E-state index is -0.485. The maximum atomic E-state index is 11.6. The van der Waals surface area contributed by atoms with Crippen molar-refractivity contribution in [3.05, 3.63) is 17.2 Å². The topological polar surface area (TPSA) is 65.1 Å². The van der Waals surface area contributed by atoms with Crippen molar-refractivity contribution in [1.82, 2.24) is 0 Å². The number of hydrogen-bond donors (Lipinski definition) is 0. The van der Waals surface area contributed by atoms with E-state index in [2.05, 4.69) is 0 Å². The monoisotopic (exact) mass is 299 g/mol. The molecular weight excluding hydrogens is 286 g/mol. The van der Waals surface area contributed by atoms with Gasteiger partial charge in [0.15, 0.2) is 24.7 Å². The van der Waals surface area contributed by atoms with Crippen molar-refractivity contribution in [2.24, 2.45) is 0 Å². The van der Waals surface area contributed by atoms with Gasteiger partial charge < -0.3 is 19.1 Å². The van der Waals surface area contributed by atoms with Gasteiger partial charge in [0, 0.05) is 18.1 Å². The van der Waals surface area contributed by atoms with Crippen molar-refractivity contribution >= 4 is 29.2 Å². The van der Waals surface area contributed by atoms with E-state index >= 15 is 0 Å². The van der Waals surface area contributed by atoms with Crippen molar-refractivity contribution in [1.29, 1.82) is 0 Å². The largest absolute Gasteiger partial charge is 0.478 e. The second-order valence-corrected chi connectivity index (χ2v) is 4.52. The molecule has 20 heavy (non-hydrogen) atoms. The van der Waals surface area contributed by atoms with E-state index in [0.717, 1.165) is 0 Å². The first-order valence-corrected chi connectivity index (χ1v) is 6.42. The molecule has 0 radical (unpaired) electrons. The number of anilines is 1. The van der Waals surface area contributed by atoms with Gasteiger partial charge >= 0.3 is 5.97 Å². The van der Waals surface area contributed by atoms with Crippen LogP contribution in [-0.4, -0.2) is 38.7 Å². The van der Waals surface area contributed by atoms with Crippen molar-refractivity contribution in [2.75, 3.05) is 31.8 Å². The van der Waals surface area contributed by atoms with E-state index in [-0.39, 0.29) is 25.7 Å². The molecule has 1 aromatic rings. The molecule has 0 aliphatic carbocycles. The predicted molar refractivity (Wildman–Crippen MR) is 72.5 cm³/mol. The number of fused-ring (bicyclic) bond motifs is 1. The first-order valence-electron chi connectivity index (χ1n) is 6.04. The summed E-state index contributed by atoms with van der Waals surface area (Å²) in [5.41, 5.74) is 0.507. The van der Waals surface area contributed by atoms with Gasteiger partial charge in [0.05, 0.1) is 12.3 Å². The molecule has 1 amide bonds. The highest BCUT2D eigenvalue weighted by Gasteiger charge is 2.26. The number of carbonyl (C=O) groups is 2. The number of ether oxygens (including phenoxy) is 3. The smallest absolute Gasteiger partial charge is 0.344 e. The molecule has 7 heteroatoms. The number of benzene rings is 1. The third-order valence-electron chi connectivity index (χ3n) is 2.73. The quantitative estimate of drug-likeness (QED) is 0.791. The van der Waals surface area contributed by atoms with Crippen LogP contribution in [0.4, 0.5) is 5.69 Å². The SMILES string of the molecule is CCOC(=O)COc1cc(Cl)cc2c1OCC(=O)N2C. The molecule has 1 heterocycles. The van der Waals surface area contributed by atoms with Gasteiger partial charge in [-0.2, -0.15) is 0 Å². The highest BCUT2D eigenvalue weighted by atomic mass is 35.5. The van der Waals surface area contributed by atoms with E-state index in [9.17, 15) is 9.59 Å². The Morgan fingerprint density at radius 3 is 2.95 bits per heavy atom. The van der Waals surface area contributed by atoms with Gasteiger partial charge in [-0.15, -0.1) is 0 Å². The molecule has 0 fully saturated rings. The fourth-order valence-electron chi connectivity index (χ4n) is 1.76. The van der Waals surface area contributed by atoms with E-state index in [0.29, 0.717) is 22.2 Å². The summed E-state index contributed by atoms with van der Waals surface area (Å²) >= 11 is 5.98. The average Bonchev–Trinajstić information content (AvgIpc) is 2.41. The van der Waals surface area contributed by atoms with E-state index in [4.69, 9.17) is 25.8 Å². The van der Waals surface area contributed by atoms with Gasteiger partial charge in [0.25, 0.3) is 5.91 Å². The van der Waals surface area contributed by atoms with E-state index in [1.165, 1.54) is 11.0 Å². The fourth-order valence-corrected chi connectivity index (χ4v) is 1.96. The molecule has 0 bridgehead atoms. The molecule has 0 saturated heterocycles. The van der Waals surface area contributed by atoms with Gasteiger partial charge in [-0.1, -0.05) is 11.6 Å². The van der Waals surface area contributed by atoms with Crippen LogP contribution in [-0.2, 0) is 14.3 Å². The predicted octanol–water partition coefficient (Wildman–Crippen LogP) is 1.64. The van der Waals surface area contributed by atoms with Gasteiger partial charge in [-0.25, -0.2) is 4.79 Å². The summed E-state index contributed by atoms with van der Waals surface area (Å²) in [7, 11) is 1.62. The second kappa shape index (κ2) is 6.00. The van der Waals surface area contributed by atoms with Gasteiger partial charge in [-0.3, -0.25) is 4.79 Å². The highest BCUT2D eigenvalue weighted by Crippen LogP contribution is 2.42. The molecule has 0 saturated carbocycles. The normalized spacial score (nSPS) is 13.6. The zero-order valence-electron chi connectivity index (χ0n) is 11.1. The number of esters is 1. The lowest BCUT2D eigenvalue weighted by molar-refractivity contribution is -0.145. The van der Waals surface area contributed by atoms with E-state index < -0.39 is 5.97 Å². The third kappa shape index (κ3) is 2.96. The number of halogens is 1. The number of amides is 1. The van der Waals surface area contributed by atoms with Crippen molar-refractivity contribution in [2.45, 2.75) is 6.92 Å². The fraction of sp³-hybridized carbons (Fsp3) is 0.385. The van der Waals surface area contributed by atoms with Crippen LogP contribution in [0.3, 0.4) is 0 Å². The molecule has 108 valence electrons. The molecule has 0 atom stereocenters. The Bertz CT molecular complexity index is 546. The van der Waals surface area contributed by atoms with Crippen LogP contribution in [0.15, 0.2) is 12.1 Å². The van der Waals surface area contributed by atoms with Crippen molar-refractivity contribution in [3.8, 4) is 11.5 Å². The first-order chi connectivity index (χ1) is 9.52. The second-order valence-electron chi connectivity index (χ2n) is 4.09. The maximum Gasteiger partial charge on any atom is 0.344 e. The van der Waals surface area contributed by atoms with Crippen LogP contribution >= 0.6 is 11.6 Å². The summed E-state index contributed by atoms with van der Waals surface area (Å²) < 4.78 is 15.5. The van der Waals surface area contributed by atoms with Gasteiger partial charge in [-0.05, 0) is 13.0 Å². The summed E-state index contributed by atoms with van der Waals surface area (Å²) in [5.74, 6) is 0.0262. The van der Waals surface area contributed by atoms with Crippen LogP contribution in [0.5, 0.6) is 11.5 Å². The number of carbonyl (C=O) groups excluding carboxylic acids is 2. The summed E-state index contributed by atoms with van der Waals surface area (Å²) in [4.78, 5) is 24.3. The Morgan fingerprint density at radius 1 is 1.50 bits per heavy atom. The molecule has 6 nitrogen and oxygen atoms in total. The molecule has 2 rings (SSSR count). The van der Waals surface area contributed by atoms with E-state index in [1.807, 2.05) is 0 Å². The molecule has 0 N–H and O–H groups in total. The summed E-state index contributed by atoms with van der Waals surface area (Å²) in [6.07, 6.45) is 0. The Kier molecular flexibility index (Phi) is 4.34. The summed E-state index contributed by atoms with van der Waals surface area (Å²) in [6.45, 7) is 1.66. The number of rotatable bonds is 4. The van der Waals surface area contributed by atoms with Crippen molar-refractivity contribution < 1.29 is 23.8 Å². The van der Waals surface area contributed by atoms with Crippen LogP contribution in [0, 0.1) is 0 Å².